The Morgan fingerprint density at radius 1 is 1.42 bits per heavy atom. The van der Waals surface area contributed by atoms with Crippen LogP contribution in [0.5, 0.6) is 0 Å². The quantitative estimate of drug-likeness (QED) is 0.716. The van der Waals surface area contributed by atoms with E-state index in [1.54, 1.807) is 6.07 Å². The van der Waals surface area contributed by atoms with E-state index in [1.807, 2.05) is 12.1 Å². The molecule has 2 nitrogen and oxygen atoms in total. The van der Waals surface area contributed by atoms with Crippen molar-refractivity contribution in [3.8, 4) is 0 Å². The van der Waals surface area contributed by atoms with Crippen LogP contribution in [0.4, 0.5) is 10.1 Å². The first-order valence-electron chi connectivity index (χ1n) is 7.02. The molecule has 0 heterocycles. The Balaban J connectivity index is 3.12. The van der Waals surface area contributed by atoms with E-state index in [2.05, 4.69) is 37.6 Å². The summed E-state index contributed by atoms with van der Waals surface area (Å²) in [6.45, 7) is 12.7. The second kappa shape index (κ2) is 7.95. The monoisotopic (exact) mass is 264 g/mol. The highest BCUT2D eigenvalue weighted by Gasteiger charge is 2.15. The van der Waals surface area contributed by atoms with E-state index in [-0.39, 0.29) is 11.9 Å². The van der Waals surface area contributed by atoms with Crippen molar-refractivity contribution >= 4 is 5.69 Å². The summed E-state index contributed by atoms with van der Waals surface area (Å²) in [4.78, 5) is 2.25. The topological polar surface area (TPSA) is 15.3 Å². The molecule has 19 heavy (non-hydrogen) atoms. The summed E-state index contributed by atoms with van der Waals surface area (Å²) in [5, 5.41) is 3.35. The van der Waals surface area contributed by atoms with Gasteiger partial charge in [0.05, 0.1) is 0 Å². The van der Waals surface area contributed by atoms with E-state index in [4.69, 9.17) is 0 Å². The van der Waals surface area contributed by atoms with Gasteiger partial charge in [-0.05, 0) is 43.7 Å². The molecule has 1 N–H and O–H groups in total. The molecule has 1 rings (SSSR count). The molecule has 0 spiro atoms. The molecule has 1 aromatic rings. The number of rotatable bonds is 8. The van der Waals surface area contributed by atoms with E-state index in [9.17, 15) is 4.39 Å². The molecule has 0 saturated heterocycles. The molecule has 0 amide bonds. The van der Waals surface area contributed by atoms with E-state index in [0.29, 0.717) is 0 Å². The van der Waals surface area contributed by atoms with Gasteiger partial charge in [-0.1, -0.05) is 19.9 Å². The Labute approximate surface area is 116 Å². The van der Waals surface area contributed by atoms with E-state index in [0.717, 1.165) is 37.3 Å². The number of nitrogens with one attached hydrogen (secondary N) is 1. The zero-order valence-electron chi connectivity index (χ0n) is 12.2. The zero-order chi connectivity index (χ0) is 14.3. The van der Waals surface area contributed by atoms with Crippen molar-refractivity contribution in [2.45, 2.75) is 33.2 Å². The van der Waals surface area contributed by atoms with Gasteiger partial charge in [0, 0.05) is 24.8 Å². The maximum absolute atomic E-state index is 13.5. The summed E-state index contributed by atoms with van der Waals surface area (Å²) >= 11 is 0. The molecule has 0 bridgehead atoms. The summed E-state index contributed by atoms with van der Waals surface area (Å²) in [5.41, 5.74) is 2.11. The third-order valence-electron chi connectivity index (χ3n) is 3.15. The smallest absolute Gasteiger partial charge is 0.123 e. The molecule has 1 atom stereocenters. The summed E-state index contributed by atoms with van der Waals surface area (Å²) in [5.74, 6) is -0.182. The van der Waals surface area contributed by atoms with Gasteiger partial charge in [0.1, 0.15) is 5.82 Å². The molecule has 0 saturated carbocycles. The first-order chi connectivity index (χ1) is 9.13. The Morgan fingerprint density at radius 3 is 2.74 bits per heavy atom. The number of halogens is 1. The van der Waals surface area contributed by atoms with Gasteiger partial charge in [-0.15, -0.1) is 6.58 Å². The molecule has 0 aromatic heterocycles. The van der Waals surface area contributed by atoms with Crippen molar-refractivity contribution in [1.82, 2.24) is 5.32 Å². The van der Waals surface area contributed by atoms with Crippen molar-refractivity contribution in [3.63, 3.8) is 0 Å². The van der Waals surface area contributed by atoms with Crippen LogP contribution in [0.2, 0.25) is 0 Å². The van der Waals surface area contributed by atoms with Crippen molar-refractivity contribution in [2.75, 3.05) is 24.5 Å². The highest BCUT2D eigenvalue weighted by Crippen LogP contribution is 2.27. The average Bonchev–Trinajstić information content (AvgIpc) is 2.39. The van der Waals surface area contributed by atoms with Crippen molar-refractivity contribution in [3.05, 3.63) is 42.2 Å². The molecule has 3 heteroatoms. The SMILES string of the molecule is C=CCN(CCC)c1ccc(F)cc1C(C)NCC. The molecule has 1 aromatic carbocycles. The number of anilines is 1. The minimum Gasteiger partial charge on any atom is -0.368 e. The van der Waals surface area contributed by atoms with Crippen LogP contribution in [0.3, 0.4) is 0 Å². The lowest BCUT2D eigenvalue weighted by atomic mass is 10.0. The molecule has 0 aliphatic heterocycles. The van der Waals surface area contributed by atoms with E-state index >= 15 is 0 Å². The van der Waals surface area contributed by atoms with Gasteiger partial charge in [0.15, 0.2) is 0 Å². The van der Waals surface area contributed by atoms with Crippen molar-refractivity contribution in [2.24, 2.45) is 0 Å². The van der Waals surface area contributed by atoms with Crippen LogP contribution in [-0.4, -0.2) is 19.6 Å². The van der Waals surface area contributed by atoms with Crippen LogP contribution < -0.4 is 10.2 Å². The molecular formula is C16H25FN2. The minimum atomic E-state index is -0.182. The van der Waals surface area contributed by atoms with E-state index in [1.165, 1.54) is 6.07 Å². The Morgan fingerprint density at radius 2 is 2.16 bits per heavy atom. The Kier molecular flexibility index (Phi) is 6.57. The first-order valence-corrected chi connectivity index (χ1v) is 7.02. The van der Waals surface area contributed by atoms with Crippen LogP contribution in [0.25, 0.3) is 0 Å². The molecular weight excluding hydrogens is 239 g/mol. The van der Waals surface area contributed by atoms with Gasteiger partial charge in [-0.2, -0.15) is 0 Å². The third-order valence-corrected chi connectivity index (χ3v) is 3.15. The highest BCUT2D eigenvalue weighted by molar-refractivity contribution is 5.55. The number of hydrogen-bond acceptors (Lipinski definition) is 2. The molecule has 0 aliphatic carbocycles. The lowest BCUT2D eigenvalue weighted by molar-refractivity contribution is 0.581. The van der Waals surface area contributed by atoms with Crippen LogP contribution in [-0.2, 0) is 0 Å². The summed E-state index contributed by atoms with van der Waals surface area (Å²) in [6.07, 6.45) is 2.95. The van der Waals surface area contributed by atoms with Crippen LogP contribution in [0.15, 0.2) is 30.9 Å². The van der Waals surface area contributed by atoms with Gasteiger partial charge < -0.3 is 10.2 Å². The fraction of sp³-hybridized carbons (Fsp3) is 0.500. The lowest BCUT2D eigenvalue weighted by Crippen LogP contribution is -2.27. The second-order valence-corrected chi connectivity index (χ2v) is 4.72. The molecule has 0 aliphatic rings. The maximum atomic E-state index is 13.5. The highest BCUT2D eigenvalue weighted by atomic mass is 19.1. The summed E-state index contributed by atoms with van der Waals surface area (Å²) in [7, 11) is 0. The van der Waals surface area contributed by atoms with Crippen molar-refractivity contribution < 1.29 is 4.39 Å². The van der Waals surface area contributed by atoms with E-state index < -0.39 is 0 Å². The molecule has 0 radical (unpaired) electrons. The standard InChI is InChI=1S/C16H25FN2/c1-5-10-19(11-6-2)16-9-8-14(17)12-15(16)13(4)18-7-3/h5,8-9,12-13,18H,1,6-7,10-11H2,2-4H3. The second-order valence-electron chi connectivity index (χ2n) is 4.72. The van der Waals surface area contributed by atoms with Gasteiger partial charge in [0.2, 0.25) is 0 Å². The van der Waals surface area contributed by atoms with Gasteiger partial charge in [-0.3, -0.25) is 0 Å². The predicted molar refractivity (Wildman–Crippen MR) is 81.2 cm³/mol. The van der Waals surface area contributed by atoms with Crippen LogP contribution in [0.1, 0.15) is 38.8 Å². The fourth-order valence-corrected chi connectivity index (χ4v) is 2.31. The largest absolute Gasteiger partial charge is 0.368 e. The Bertz CT molecular complexity index is 404. The van der Waals surface area contributed by atoms with Gasteiger partial charge in [-0.25, -0.2) is 4.39 Å². The predicted octanol–water partition coefficient (Wildman–Crippen LogP) is 3.90. The number of hydrogen-bond donors (Lipinski definition) is 1. The normalized spacial score (nSPS) is 12.2. The van der Waals surface area contributed by atoms with Gasteiger partial charge in [0.25, 0.3) is 0 Å². The third kappa shape index (κ3) is 4.35. The number of benzene rings is 1. The maximum Gasteiger partial charge on any atom is 0.123 e. The van der Waals surface area contributed by atoms with Gasteiger partial charge >= 0.3 is 0 Å². The number of nitrogens with zero attached hydrogens (tertiary/aromatic N) is 1. The average molecular weight is 264 g/mol. The molecule has 1 unspecified atom stereocenters. The molecule has 0 fully saturated rings. The Hall–Kier alpha value is -1.35. The summed E-state index contributed by atoms with van der Waals surface area (Å²) < 4.78 is 13.5. The summed E-state index contributed by atoms with van der Waals surface area (Å²) in [6, 6.07) is 5.18. The van der Waals surface area contributed by atoms with Crippen molar-refractivity contribution in [1.29, 1.82) is 0 Å². The minimum absolute atomic E-state index is 0.139. The zero-order valence-corrected chi connectivity index (χ0v) is 12.2. The fourth-order valence-electron chi connectivity index (χ4n) is 2.31. The molecule has 106 valence electrons. The van der Waals surface area contributed by atoms with Crippen LogP contribution >= 0.6 is 0 Å². The van der Waals surface area contributed by atoms with Crippen LogP contribution in [0, 0.1) is 5.82 Å². The first kappa shape index (κ1) is 15.7. The lowest BCUT2D eigenvalue weighted by Gasteiger charge is -2.28.